The second-order valence-corrected chi connectivity index (χ2v) is 4.49. The molecule has 0 saturated heterocycles. The molecule has 17 heavy (non-hydrogen) atoms. The number of hydrogen-bond donors (Lipinski definition) is 2. The van der Waals surface area contributed by atoms with Gasteiger partial charge >= 0.3 is 5.97 Å². The van der Waals surface area contributed by atoms with E-state index in [1.54, 1.807) is 0 Å². The highest BCUT2D eigenvalue weighted by Gasteiger charge is 2.14. The van der Waals surface area contributed by atoms with Gasteiger partial charge in [0, 0.05) is 6.04 Å². The van der Waals surface area contributed by atoms with Crippen molar-refractivity contribution in [3.8, 4) is 0 Å². The van der Waals surface area contributed by atoms with E-state index in [0.29, 0.717) is 18.5 Å². The van der Waals surface area contributed by atoms with Crippen LogP contribution in [0.15, 0.2) is 10.6 Å². The number of nitrogens with zero attached hydrogens (tertiary/aromatic N) is 1. The molecule has 0 aromatic carbocycles. The molecule has 94 valence electrons. The first-order valence-electron chi connectivity index (χ1n) is 6.17. The van der Waals surface area contributed by atoms with Crippen molar-refractivity contribution < 1.29 is 14.3 Å². The van der Waals surface area contributed by atoms with Gasteiger partial charge in [-0.05, 0) is 12.8 Å². The van der Waals surface area contributed by atoms with Gasteiger partial charge in [-0.1, -0.05) is 25.7 Å². The van der Waals surface area contributed by atoms with E-state index in [4.69, 9.17) is 9.52 Å². The molecule has 0 unspecified atom stereocenters. The second kappa shape index (κ2) is 5.82. The Labute approximate surface area is 100 Å². The average Bonchev–Trinajstić information content (AvgIpc) is 2.63. The van der Waals surface area contributed by atoms with Crippen molar-refractivity contribution >= 4 is 5.97 Å². The van der Waals surface area contributed by atoms with E-state index in [0.717, 1.165) is 0 Å². The van der Waals surface area contributed by atoms with E-state index in [1.807, 2.05) is 0 Å². The van der Waals surface area contributed by atoms with E-state index in [1.165, 1.54) is 44.7 Å². The molecule has 1 fully saturated rings. The second-order valence-electron chi connectivity index (χ2n) is 4.49. The summed E-state index contributed by atoms with van der Waals surface area (Å²) in [5.41, 5.74) is 0. The number of aromatic nitrogens is 1. The molecule has 1 heterocycles. The van der Waals surface area contributed by atoms with Crippen LogP contribution in [-0.4, -0.2) is 22.1 Å². The molecule has 5 heteroatoms. The quantitative estimate of drug-likeness (QED) is 0.786. The monoisotopic (exact) mass is 238 g/mol. The molecule has 2 N–H and O–H groups in total. The third-order valence-electron chi connectivity index (χ3n) is 3.16. The van der Waals surface area contributed by atoms with Crippen LogP contribution in [0.4, 0.5) is 0 Å². The van der Waals surface area contributed by atoms with Gasteiger partial charge in [0.05, 0.1) is 12.7 Å². The normalized spacial score (nSPS) is 17.9. The number of nitrogens with one attached hydrogen (secondary N) is 1. The van der Waals surface area contributed by atoms with Crippen LogP contribution in [0.2, 0.25) is 0 Å². The number of aromatic carboxylic acids is 1. The van der Waals surface area contributed by atoms with Gasteiger partial charge in [0.25, 0.3) is 0 Å². The molecule has 1 aliphatic rings. The molecule has 0 bridgehead atoms. The van der Waals surface area contributed by atoms with Gasteiger partial charge in [-0.2, -0.15) is 0 Å². The van der Waals surface area contributed by atoms with Gasteiger partial charge in [-0.15, -0.1) is 0 Å². The van der Waals surface area contributed by atoms with Crippen LogP contribution in [0, 0.1) is 0 Å². The maximum Gasteiger partial charge on any atom is 0.373 e. The largest absolute Gasteiger partial charge is 0.475 e. The number of rotatable bonds is 4. The highest BCUT2D eigenvalue weighted by atomic mass is 16.4. The lowest BCUT2D eigenvalue weighted by Gasteiger charge is -2.14. The third kappa shape index (κ3) is 3.56. The van der Waals surface area contributed by atoms with E-state index in [-0.39, 0.29) is 5.76 Å². The summed E-state index contributed by atoms with van der Waals surface area (Å²) in [5, 5.41) is 12.1. The van der Waals surface area contributed by atoms with Gasteiger partial charge < -0.3 is 14.8 Å². The zero-order valence-electron chi connectivity index (χ0n) is 9.82. The molecular formula is C12H18N2O3. The minimum absolute atomic E-state index is 0.0948. The minimum Gasteiger partial charge on any atom is -0.475 e. The summed E-state index contributed by atoms with van der Waals surface area (Å²) in [7, 11) is 0. The fraction of sp³-hybridized carbons (Fsp3) is 0.667. The lowest BCUT2D eigenvalue weighted by molar-refractivity contribution is 0.0660. The molecular weight excluding hydrogens is 220 g/mol. The summed E-state index contributed by atoms with van der Waals surface area (Å²) in [6.07, 6.45) is 8.80. The number of hydrogen-bond acceptors (Lipinski definition) is 4. The molecule has 5 nitrogen and oxygen atoms in total. The van der Waals surface area contributed by atoms with Crippen LogP contribution >= 0.6 is 0 Å². The number of carboxylic acids is 1. The summed E-state index contributed by atoms with van der Waals surface area (Å²) in [5.74, 6) is -0.715. The minimum atomic E-state index is -1.07. The predicted octanol–water partition coefficient (Wildman–Crippen LogP) is 2.19. The maximum atomic E-state index is 10.6. The van der Waals surface area contributed by atoms with Gasteiger partial charge in [0.1, 0.15) is 0 Å². The molecule has 0 aliphatic heterocycles. The van der Waals surface area contributed by atoms with Crippen LogP contribution in [0.25, 0.3) is 0 Å². The predicted molar refractivity (Wildman–Crippen MR) is 61.8 cm³/mol. The topological polar surface area (TPSA) is 75.4 Å². The van der Waals surface area contributed by atoms with Crippen LogP contribution in [0.1, 0.15) is 55.0 Å². The summed E-state index contributed by atoms with van der Waals surface area (Å²) in [4.78, 5) is 14.5. The first kappa shape index (κ1) is 12.1. The van der Waals surface area contributed by atoms with Crippen molar-refractivity contribution in [2.24, 2.45) is 0 Å². The molecule has 1 saturated carbocycles. The highest BCUT2D eigenvalue weighted by molar-refractivity contribution is 5.83. The third-order valence-corrected chi connectivity index (χ3v) is 3.16. The lowest BCUT2D eigenvalue weighted by Crippen LogP contribution is -2.27. The average molecular weight is 238 g/mol. The molecule has 0 spiro atoms. The summed E-state index contributed by atoms with van der Waals surface area (Å²) >= 11 is 0. The van der Waals surface area contributed by atoms with Crippen molar-refractivity contribution in [2.45, 2.75) is 51.1 Å². The van der Waals surface area contributed by atoms with Crippen LogP contribution < -0.4 is 5.32 Å². The molecule has 0 radical (unpaired) electrons. The van der Waals surface area contributed by atoms with Crippen molar-refractivity contribution in [3.05, 3.63) is 17.8 Å². The van der Waals surface area contributed by atoms with Gasteiger partial charge in [0.2, 0.25) is 11.7 Å². The first-order chi connectivity index (χ1) is 8.25. The summed E-state index contributed by atoms with van der Waals surface area (Å²) in [6, 6.07) is 0.512. The number of oxazole rings is 1. The van der Waals surface area contributed by atoms with E-state index >= 15 is 0 Å². The zero-order chi connectivity index (χ0) is 12.1. The Hall–Kier alpha value is -1.36. The van der Waals surface area contributed by atoms with E-state index in [9.17, 15) is 4.79 Å². The van der Waals surface area contributed by atoms with Gasteiger partial charge in [-0.25, -0.2) is 9.78 Å². The highest BCUT2D eigenvalue weighted by Crippen LogP contribution is 2.17. The van der Waals surface area contributed by atoms with Crippen LogP contribution in [0.5, 0.6) is 0 Å². The Morgan fingerprint density at radius 1 is 1.41 bits per heavy atom. The lowest BCUT2D eigenvalue weighted by atomic mass is 10.1. The smallest absolute Gasteiger partial charge is 0.373 e. The van der Waals surface area contributed by atoms with Crippen molar-refractivity contribution in [1.29, 1.82) is 0 Å². The van der Waals surface area contributed by atoms with Crippen LogP contribution in [0.3, 0.4) is 0 Å². The molecule has 1 aromatic heterocycles. The van der Waals surface area contributed by atoms with Crippen molar-refractivity contribution in [1.82, 2.24) is 10.3 Å². The first-order valence-corrected chi connectivity index (χ1v) is 6.17. The molecule has 2 rings (SSSR count). The maximum absolute atomic E-state index is 10.6. The van der Waals surface area contributed by atoms with E-state index < -0.39 is 5.97 Å². The Morgan fingerprint density at radius 2 is 2.12 bits per heavy atom. The Kier molecular flexibility index (Phi) is 4.14. The molecule has 1 aliphatic carbocycles. The Morgan fingerprint density at radius 3 is 2.71 bits per heavy atom. The Balaban J connectivity index is 1.81. The summed E-state index contributed by atoms with van der Waals surface area (Å²) in [6.45, 7) is 0.512. The van der Waals surface area contributed by atoms with Crippen LogP contribution in [-0.2, 0) is 6.54 Å². The summed E-state index contributed by atoms with van der Waals surface area (Å²) < 4.78 is 5.09. The Bertz CT molecular complexity index is 368. The van der Waals surface area contributed by atoms with E-state index in [2.05, 4.69) is 10.3 Å². The van der Waals surface area contributed by atoms with Gasteiger partial charge in [-0.3, -0.25) is 0 Å². The standard InChI is InChI=1S/C12H18N2O3/c15-12(16)10-7-14-11(17-10)8-13-9-5-3-1-2-4-6-9/h7,9,13H,1-6,8H2,(H,15,16). The number of carbonyl (C=O) groups is 1. The fourth-order valence-electron chi connectivity index (χ4n) is 2.21. The zero-order valence-corrected chi connectivity index (χ0v) is 9.82. The molecule has 1 aromatic rings. The molecule has 0 atom stereocenters. The molecule has 0 amide bonds. The van der Waals surface area contributed by atoms with Gasteiger partial charge in [0.15, 0.2) is 0 Å². The van der Waals surface area contributed by atoms with Crippen molar-refractivity contribution in [3.63, 3.8) is 0 Å². The fourth-order valence-corrected chi connectivity index (χ4v) is 2.21. The van der Waals surface area contributed by atoms with Crippen molar-refractivity contribution in [2.75, 3.05) is 0 Å². The SMILES string of the molecule is O=C(O)c1cnc(CNC2CCCCCC2)o1. The number of carboxylic acid groups (broad SMARTS) is 1.